The third kappa shape index (κ3) is 3.02. The number of halogens is 1. The van der Waals surface area contributed by atoms with E-state index in [1.165, 1.54) is 18.4 Å². The lowest BCUT2D eigenvalue weighted by Gasteiger charge is -2.16. The van der Waals surface area contributed by atoms with Crippen LogP contribution in [-0.2, 0) is 0 Å². The summed E-state index contributed by atoms with van der Waals surface area (Å²) in [5, 5.41) is 3.70. The van der Waals surface area contributed by atoms with Crippen LogP contribution < -0.4 is 0 Å². The van der Waals surface area contributed by atoms with Crippen LogP contribution in [-0.4, -0.2) is 4.98 Å². The standard InChI is InChI=1S/C29H26FNO/c1-17(2)19-14-23-20-10-5-6-13-27(20)32-29(23)24(15-19)28-21-11-7-12-25(30)22(21)16-26(31-28)18-8-3-4-9-18/h5-7,10-18H,3-4,8-9H2,1-2H3. The van der Waals surface area contributed by atoms with E-state index in [2.05, 4.69) is 32.0 Å². The van der Waals surface area contributed by atoms with Crippen molar-refractivity contribution in [1.82, 2.24) is 4.98 Å². The average Bonchev–Trinajstić information content (AvgIpc) is 3.46. The molecule has 0 radical (unpaired) electrons. The van der Waals surface area contributed by atoms with Crippen molar-refractivity contribution >= 4 is 32.7 Å². The molecular weight excluding hydrogens is 397 g/mol. The van der Waals surface area contributed by atoms with Gasteiger partial charge >= 0.3 is 0 Å². The van der Waals surface area contributed by atoms with Crippen LogP contribution in [0.3, 0.4) is 0 Å². The number of nitrogens with zero attached hydrogens (tertiary/aromatic N) is 1. The summed E-state index contributed by atoms with van der Waals surface area (Å²) in [6.07, 6.45) is 4.68. The van der Waals surface area contributed by atoms with Crippen LogP contribution in [0, 0.1) is 5.82 Å². The molecular formula is C29H26FNO. The van der Waals surface area contributed by atoms with Crippen LogP contribution in [0.2, 0.25) is 0 Å². The molecule has 2 heterocycles. The van der Waals surface area contributed by atoms with E-state index in [-0.39, 0.29) is 5.82 Å². The van der Waals surface area contributed by atoms with Crippen molar-refractivity contribution in [2.45, 2.75) is 51.4 Å². The number of hydrogen-bond acceptors (Lipinski definition) is 2. The molecule has 3 heteroatoms. The topological polar surface area (TPSA) is 26.0 Å². The lowest BCUT2D eigenvalue weighted by atomic mass is 9.93. The molecule has 160 valence electrons. The molecule has 1 fully saturated rings. The number of pyridine rings is 1. The van der Waals surface area contributed by atoms with Crippen LogP contribution in [0.1, 0.15) is 62.6 Å². The summed E-state index contributed by atoms with van der Waals surface area (Å²) in [6, 6.07) is 19.9. The minimum Gasteiger partial charge on any atom is -0.455 e. The van der Waals surface area contributed by atoms with Gasteiger partial charge in [0.1, 0.15) is 17.0 Å². The summed E-state index contributed by atoms with van der Waals surface area (Å²) < 4.78 is 21.4. The summed E-state index contributed by atoms with van der Waals surface area (Å²) in [5.41, 5.74) is 5.73. The van der Waals surface area contributed by atoms with Crippen molar-refractivity contribution in [3.05, 3.63) is 77.7 Å². The van der Waals surface area contributed by atoms with Gasteiger partial charge in [0.25, 0.3) is 0 Å². The smallest absolute Gasteiger partial charge is 0.144 e. The number of fused-ring (bicyclic) bond motifs is 4. The minimum absolute atomic E-state index is 0.189. The molecule has 3 aromatic carbocycles. The Balaban J connectivity index is 1.73. The zero-order valence-corrected chi connectivity index (χ0v) is 18.5. The Morgan fingerprint density at radius 1 is 0.875 bits per heavy atom. The molecule has 32 heavy (non-hydrogen) atoms. The number of aromatic nitrogens is 1. The van der Waals surface area contributed by atoms with Gasteiger partial charge in [-0.15, -0.1) is 0 Å². The Morgan fingerprint density at radius 2 is 1.66 bits per heavy atom. The largest absolute Gasteiger partial charge is 0.455 e. The molecule has 5 aromatic rings. The summed E-state index contributed by atoms with van der Waals surface area (Å²) in [6.45, 7) is 4.40. The third-order valence-corrected chi connectivity index (χ3v) is 7.04. The maximum absolute atomic E-state index is 15.0. The molecule has 1 aliphatic rings. The molecule has 0 aliphatic heterocycles. The molecule has 1 aliphatic carbocycles. The summed E-state index contributed by atoms with van der Waals surface area (Å²) in [4.78, 5) is 5.19. The predicted octanol–water partition coefficient (Wildman–Crippen LogP) is 8.72. The first-order valence-electron chi connectivity index (χ1n) is 11.6. The Morgan fingerprint density at radius 3 is 2.47 bits per heavy atom. The molecule has 0 amide bonds. The first-order chi connectivity index (χ1) is 15.6. The lowest BCUT2D eigenvalue weighted by molar-refractivity contribution is 0.638. The summed E-state index contributed by atoms with van der Waals surface area (Å²) in [7, 11) is 0. The van der Waals surface area contributed by atoms with E-state index in [4.69, 9.17) is 9.40 Å². The van der Waals surface area contributed by atoms with Crippen molar-refractivity contribution in [3.8, 4) is 11.3 Å². The zero-order valence-electron chi connectivity index (χ0n) is 18.5. The molecule has 0 atom stereocenters. The van der Waals surface area contributed by atoms with Crippen LogP contribution in [0.4, 0.5) is 4.39 Å². The van der Waals surface area contributed by atoms with Gasteiger partial charge in [0, 0.05) is 38.7 Å². The van der Waals surface area contributed by atoms with E-state index < -0.39 is 0 Å². The Labute approximate surface area is 187 Å². The number of benzene rings is 3. The summed E-state index contributed by atoms with van der Waals surface area (Å²) in [5.74, 6) is 0.566. The molecule has 1 saturated carbocycles. The van der Waals surface area contributed by atoms with Crippen LogP contribution >= 0.6 is 0 Å². The predicted molar refractivity (Wildman–Crippen MR) is 130 cm³/mol. The zero-order chi connectivity index (χ0) is 21.8. The maximum Gasteiger partial charge on any atom is 0.144 e. The van der Waals surface area contributed by atoms with Gasteiger partial charge in [0.05, 0.1) is 5.69 Å². The van der Waals surface area contributed by atoms with E-state index in [9.17, 15) is 4.39 Å². The Bertz CT molecular complexity index is 1470. The number of furan rings is 1. The van der Waals surface area contributed by atoms with Gasteiger partial charge in [-0.05, 0) is 54.7 Å². The van der Waals surface area contributed by atoms with Crippen molar-refractivity contribution in [1.29, 1.82) is 0 Å². The van der Waals surface area contributed by atoms with Crippen LogP contribution in [0.25, 0.3) is 44.0 Å². The van der Waals surface area contributed by atoms with Gasteiger partial charge in [-0.2, -0.15) is 0 Å². The van der Waals surface area contributed by atoms with Crippen molar-refractivity contribution in [2.24, 2.45) is 0 Å². The van der Waals surface area contributed by atoms with Crippen LogP contribution in [0.15, 0.2) is 65.1 Å². The highest BCUT2D eigenvalue weighted by Gasteiger charge is 2.23. The number of para-hydroxylation sites is 1. The van der Waals surface area contributed by atoms with Gasteiger partial charge in [-0.1, -0.05) is 57.0 Å². The molecule has 0 spiro atoms. The maximum atomic E-state index is 15.0. The van der Waals surface area contributed by atoms with E-state index in [0.29, 0.717) is 17.2 Å². The minimum atomic E-state index is -0.189. The fraction of sp³-hybridized carbons (Fsp3) is 0.276. The van der Waals surface area contributed by atoms with E-state index in [0.717, 1.165) is 57.1 Å². The highest BCUT2D eigenvalue weighted by molar-refractivity contribution is 6.12. The van der Waals surface area contributed by atoms with Crippen molar-refractivity contribution in [2.75, 3.05) is 0 Å². The van der Waals surface area contributed by atoms with E-state index in [1.807, 2.05) is 30.3 Å². The van der Waals surface area contributed by atoms with Crippen LogP contribution in [0.5, 0.6) is 0 Å². The summed E-state index contributed by atoms with van der Waals surface area (Å²) >= 11 is 0. The van der Waals surface area contributed by atoms with Gasteiger partial charge < -0.3 is 4.42 Å². The Kier molecular flexibility index (Phi) is 4.53. The highest BCUT2D eigenvalue weighted by Crippen LogP contribution is 2.42. The third-order valence-electron chi connectivity index (χ3n) is 7.04. The van der Waals surface area contributed by atoms with Crippen molar-refractivity contribution < 1.29 is 8.81 Å². The molecule has 0 unspecified atom stereocenters. The second-order valence-corrected chi connectivity index (χ2v) is 9.41. The molecule has 2 aromatic heterocycles. The molecule has 2 nitrogen and oxygen atoms in total. The van der Waals surface area contributed by atoms with Gasteiger partial charge in [0.2, 0.25) is 0 Å². The monoisotopic (exact) mass is 423 g/mol. The SMILES string of the molecule is CC(C)c1cc(-c2nc(C3CCCC3)cc3c(F)cccc23)c2oc3ccccc3c2c1. The number of hydrogen-bond donors (Lipinski definition) is 0. The van der Waals surface area contributed by atoms with E-state index in [1.54, 1.807) is 12.1 Å². The fourth-order valence-corrected chi connectivity index (χ4v) is 5.25. The van der Waals surface area contributed by atoms with E-state index >= 15 is 0 Å². The van der Waals surface area contributed by atoms with Crippen molar-refractivity contribution in [3.63, 3.8) is 0 Å². The Hall–Kier alpha value is -3.20. The second-order valence-electron chi connectivity index (χ2n) is 9.41. The molecule has 0 N–H and O–H groups in total. The quantitative estimate of drug-likeness (QED) is 0.290. The average molecular weight is 424 g/mol. The first-order valence-corrected chi connectivity index (χ1v) is 11.6. The first kappa shape index (κ1) is 19.5. The molecule has 0 bridgehead atoms. The fourth-order valence-electron chi connectivity index (χ4n) is 5.25. The number of rotatable bonds is 3. The van der Waals surface area contributed by atoms with Gasteiger partial charge in [-0.25, -0.2) is 4.39 Å². The molecule has 0 saturated heterocycles. The normalized spacial score (nSPS) is 15.0. The second kappa shape index (κ2) is 7.44. The highest BCUT2D eigenvalue weighted by atomic mass is 19.1. The van der Waals surface area contributed by atoms with Gasteiger partial charge in [0.15, 0.2) is 0 Å². The van der Waals surface area contributed by atoms with Gasteiger partial charge in [-0.3, -0.25) is 4.98 Å². The lowest BCUT2D eigenvalue weighted by Crippen LogP contribution is -2.01. The molecule has 6 rings (SSSR count).